The number of hydrogen-bond acceptors (Lipinski definition) is 4. The number of para-hydroxylation sites is 1. The predicted octanol–water partition coefficient (Wildman–Crippen LogP) is 1.85. The van der Waals surface area contributed by atoms with E-state index in [1.54, 1.807) is 30.0 Å². The monoisotopic (exact) mass is 254 g/mol. The summed E-state index contributed by atoms with van der Waals surface area (Å²) < 4.78 is -0.0361. The first-order chi connectivity index (χ1) is 7.87. The predicted molar refractivity (Wildman–Crippen MR) is 72.4 cm³/mol. The molecule has 17 heavy (non-hydrogen) atoms. The number of nitrogen functional groups attached to an aromatic ring is 1. The molecular formula is C12H18N2O2S. The molecule has 0 heterocycles. The van der Waals surface area contributed by atoms with Gasteiger partial charge in [-0.2, -0.15) is 11.8 Å². The molecule has 0 aromatic heterocycles. The number of hydrogen-bond donors (Lipinski definition) is 3. The van der Waals surface area contributed by atoms with E-state index in [0.717, 1.165) is 0 Å². The SMILES string of the molecule is CSC(C)(C)CNC(=O)c1cccc(N)c1O. The second-order valence-corrected chi connectivity index (χ2v) is 5.90. The van der Waals surface area contributed by atoms with Crippen molar-refractivity contribution in [3.63, 3.8) is 0 Å². The maximum absolute atomic E-state index is 11.8. The molecule has 0 aliphatic rings. The van der Waals surface area contributed by atoms with Crippen LogP contribution in [0.15, 0.2) is 18.2 Å². The lowest BCUT2D eigenvalue weighted by Crippen LogP contribution is -2.36. The molecule has 1 aromatic rings. The van der Waals surface area contributed by atoms with Gasteiger partial charge < -0.3 is 16.2 Å². The van der Waals surface area contributed by atoms with Crippen molar-refractivity contribution in [3.8, 4) is 5.75 Å². The number of amides is 1. The van der Waals surface area contributed by atoms with Crippen molar-refractivity contribution in [1.82, 2.24) is 5.32 Å². The molecule has 4 nitrogen and oxygen atoms in total. The quantitative estimate of drug-likeness (QED) is 0.566. The van der Waals surface area contributed by atoms with E-state index in [0.29, 0.717) is 6.54 Å². The minimum Gasteiger partial charge on any atom is -0.505 e. The van der Waals surface area contributed by atoms with Crippen molar-refractivity contribution in [2.75, 3.05) is 18.5 Å². The third-order valence-electron chi connectivity index (χ3n) is 2.54. The Morgan fingerprint density at radius 3 is 2.76 bits per heavy atom. The van der Waals surface area contributed by atoms with Crippen LogP contribution in [-0.4, -0.2) is 28.6 Å². The van der Waals surface area contributed by atoms with Gasteiger partial charge in [-0.1, -0.05) is 6.07 Å². The minimum atomic E-state index is -0.308. The summed E-state index contributed by atoms with van der Waals surface area (Å²) >= 11 is 1.67. The van der Waals surface area contributed by atoms with E-state index in [-0.39, 0.29) is 27.7 Å². The maximum Gasteiger partial charge on any atom is 0.255 e. The van der Waals surface area contributed by atoms with Crippen LogP contribution in [0.5, 0.6) is 5.75 Å². The Labute approximate surface area is 106 Å². The number of aromatic hydroxyl groups is 1. The molecule has 1 aromatic carbocycles. The van der Waals surface area contributed by atoms with Gasteiger partial charge in [0.2, 0.25) is 0 Å². The molecule has 0 saturated heterocycles. The molecule has 0 bridgehead atoms. The van der Waals surface area contributed by atoms with Gasteiger partial charge in [0.1, 0.15) is 0 Å². The van der Waals surface area contributed by atoms with Gasteiger partial charge in [0.15, 0.2) is 5.75 Å². The number of nitrogens with one attached hydrogen (secondary N) is 1. The third-order valence-corrected chi connectivity index (χ3v) is 3.79. The molecule has 0 spiro atoms. The van der Waals surface area contributed by atoms with E-state index in [1.807, 2.05) is 20.1 Å². The van der Waals surface area contributed by atoms with Crippen LogP contribution in [0.3, 0.4) is 0 Å². The molecule has 0 aliphatic carbocycles. The molecular weight excluding hydrogens is 236 g/mol. The van der Waals surface area contributed by atoms with Gasteiger partial charge in [-0.3, -0.25) is 4.79 Å². The molecule has 0 radical (unpaired) electrons. The number of thioether (sulfide) groups is 1. The fourth-order valence-electron chi connectivity index (χ4n) is 1.21. The van der Waals surface area contributed by atoms with Crippen molar-refractivity contribution in [2.24, 2.45) is 0 Å². The van der Waals surface area contributed by atoms with Crippen LogP contribution in [-0.2, 0) is 0 Å². The molecule has 4 N–H and O–H groups in total. The standard InChI is InChI=1S/C12H18N2O2S/c1-12(2,17-3)7-14-11(16)8-5-4-6-9(13)10(8)15/h4-6,15H,7,13H2,1-3H3,(H,14,16). The van der Waals surface area contributed by atoms with Crippen LogP contribution in [0.4, 0.5) is 5.69 Å². The molecule has 0 fully saturated rings. The average molecular weight is 254 g/mol. The van der Waals surface area contributed by atoms with Crippen molar-refractivity contribution in [2.45, 2.75) is 18.6 Å². The number of benzene rings is 1. The Morgan fingerprint density at radius 1 is 1.53 bits per heavy atom. The molecule has 94 valence electrons. The summed E-state index contributed by atoms with van der Waals surface area (Å²) in [5.41, 5.74) is 5.95. The van der Waals surface area contributed by atoms with Gasteiger partial charge >= 0.3 is 0 Å². The normalized spacial score (nSPS) is 11.2. The summed E-state index contributed by atoms with van der Waals surface area (Å²) in [4.78, 5) is 11.8. The first kappa shape index (κ1) is 13.7. The zero-order valence-electron chi connectivity index (χ0n) is 10.3. The summed E-state index contributed by atoms with van der Waals surface area (Å²) in [5.74, 6) is -0.469. The second-order valence-electron chi connectivity index (χ2n) is 4.39. The summed E-state index contributed by atoms with van der Waals surface area (Å²) in [6.45, 7) is 4.61. The highest BCUT2D eigenvalue weighted by Crippen LogP contribution is 2.25. The fourth-order valence-corrected chi connectivity index (χ4v) is 1.42. The van der Waals surface area contributed by atoms with E-state index in [4.69, 9.17) is 5.73 Å². The Hall–Kier alpha value is -1.36. The van der Waals surface area contributed by atoms with Gasteiger partial charge in [0, 0.05) is 11.3 Å². The lowest BCUT2D eigenvalue weighted by atomic mass is 10.1. The fraction of sp³-hybridized carbons (Fsp3) is 0.417. The van der Waals surface area contributed by atoms with Crippen molar-refractivity contribution < 1.29 is 9.90 Å². The van der Waals surface area contributed by atoms with Crippen LogP contribution in [0, 0.1) is 0 Å². The number of anilines is 1. The zero-order valence-corrected chi connectivity index (χ0v) is 11.1. The number of phenolic OH excluding ortho intramolecular Hbond substituents is 1. The number of nitrogens with two attached hydrogens (primary N) is 1. The van der Waals surface area contributed by atoms with Gasteiger partial charge in [-0.25, -0.2) is 0 Å². The molecule has 0 unspecified atom stereocenters. The van der Waals surface area contributed by atoms with Crippen LogP contribution in [0.2, 0.25) is 0 Å². The van der Waals surface area contributed by atoms with Crippen molar-refractivity contribution in [3.05, 3.63) is 23.8 Å². The number of carbonyl (C=O) groups excluding carboxylic acids is 1. The molecule has 0 atom stereocenters. The zero-order chi connectivity index (χ0) is 13.1. The van der Waals surface area contributed by atoms with E-state index in [1.165, 1.54) is 0 Å². The van der Waals surface area contributed by atoms with E-state index in [2.05, 4.69) is 5.32 Å². The molecule has 5 heteroatoms. The van der Waals surface area contributed by atoms with Gasteiger partial charge in [-0.05, 0) is 32.2 Å². The molecule has 1 rings (SSSR count). The van der Waals surface area contributed by atoms with Gasteiger partial charge in [0.05, 0.1) is 11.3 Å². The highest BCUT2D eigenvalue weighted by molar-refractivity contribution is 7.99. The Kier molecular flexibility index (Phi) is 4.28. The van der Waals surface area contributed by atoms with Crippen LogP contribution >= 0.6 is 11.8 Å². The number of carbonyl (C=O) groups is 1. The molecule has 1 amide bonds. The summed E-state index contributed by atoms with van der Waals surface area (Å²) in [6, 6.07) is 4.74. The van der Waals surface area contributed by atoms with E-state index in [9.17, 15) is 9.90 Å². The molecule has 0 saturated carbocycles. The van der Waals surface area contributed by atoms with Crippen molar-refractivity contribution >= 4 is 23.4 Å². The van der Waals surface area contributed by atoms with Crippen molar-refractivity contribution in [1.29, 1.82) is 0 Å². The highest BCUT2D eigenvalue weighted by Gasteiger charge is 2.19. The lowest BCUT2D eigenvalue weighted by molar-refractivity contribution is 0.0948. The third kappa shape index (κ3) is 3.56. The van der Waals surface area contributed by atoms with Crippen LogP contribution in [0.25, 0.3) is 0 Å². The number of rotatable bonds is 4. The first-order valence-corrected chi connectivity index (χ1v) is 6.50. The van der Waals surface area contributed by atoms with Crippen LogP contribution in [0.1, 0.15) is 24.2 Å². The largest absolute Gasteiger partial charge is 0.505 e. The summed E-state index contributed by atoms with van der Waals surface area (Å²) in [6.07, 6.45) is 1.99. The lowest BCUT2D eigenvalue weighted by Gasteiger charge is -2.22. The maximum atomic E-state index is 11.8. The Balaban J connectivity index is 2.74. The summed E-state index contributed by atoms with van der Waals surface area (Å²) in [7, 11) is 0. The van der Waals surface area contributed by atoms with Crippen LogP contribution < -0.4 is 11.1 Å². The average Bonchev–Trinajstić information content (AvgIpc) is 2.30. The van der Waals surface area contributed by atoms with Gasteiger partial charge in [0.25, 0.3) is 5.91 Å². The second kappa shape index (κ2) is 5.31. The minimum absolute atomic E-state index is 0.0361. The van der Waals surface area contributed by atoms with Gasteiger partial charge in [-0.15, -0.1) is 0 Å². The smallest absolute Gasteiger partial charge is 0.255 e. The number of phenols is 1. The first-order valence-electron chi connectivity index (χ1n) is 5.28. The molecule has 0 aliphatic heterocycles. The topological polar surface area (TPSA) is 75.4 Å². The van der Waals surface area contributed by atoms with E-state index < -0.39 is 0 Å². The Bertz CT molecular complexity index is 419. The summed E-state index contributed by atoms with van der Waals surface area (Å²) in [5, 5.41) is 12.4. The van der Waals surface area contributed by atoms with E-state index >= 15 is 0 Å². The highest BCUT2D eigenvalue weighted by atomic mass is 32.2. The Morgan fingerprint density at radius 2 is 2.18 bits per heavy atom.